The minimum absolute atomic E-state index is 0.356. The van der Waals surface area contributed by atoms with Gasteiger partial charge in [0.25, 0.3) is 0 Å². The fourth-order valence-corrected chi connectivity index (χ4v) is 0.356. The van der Waals surface area contributed by atoms with Gasteiger partial charge in [0, 0.05) is 0 Å². The molecule has 2 nitrogen and oxygen atoms in total. The van der Waals surface area contributed by atoms with E-state index in [-0.39, 0.29) is 6.10 Å². The molecule has 1 heterocycles. The first kappa shape index (κ1) is 3.68. The molecule has 0 radical (unpaired) electrons. The van der Waals surface area contributed by atoms with E-state index in [4.69, 9.17) is 5.11 Å². The van der Waals surface area contributed by atoms with E-state index in [1.165, 1.54) is 6.26 Å². The molecule has 0 fully saturated rings. The molecule has 2 heteroatoms. The maximum absolute atomic E-state index is 8.52. The van der Waals surface area contributed by atoms with Crippen LogP contribution in [0, 0.1) is 0 Å². The number of hydrogen-bond donors (Lipinski definition) is 1. The Hall–Kier alpha value is -0.500. The SMILES string of the molecule is OC1C=COC1. The highest BCUT2D eigenvalue weighted by Gasteiger charge is 2.01. The Labute approximate surface area is 36.0 Å². The summed E-state index contributed by atoms with van der Waals surface area (Å²) in [7, 11) is 0. The lowest BCUT2D eigenvalue weighted by molar-refractivity contribution is 0.147. The van der Waals surface area contributed by atoms with Crippen molar-refractivity contribution < 1.29 is 9.84 Å². The molecule has 1 aliphatic rings. The van der Waals surface area contributed by atoms with Crippen LogP contribution in [0.15, 0.2) is 12.3 Å². The molecule has 0 spiro atoms. The van der Waals surface area contributed by atoms with Crippen molar-refractivity contribution in [2.75, 3.05) is 6.61 Å². The molecule has 0 aromatic heterocycles. The summed E-state index contributed by atoms with van der Waals surface area (Å²) in [5.41, 5.74) is 0. The van der Waals surface area contributed by atoms with Crippen LogP contribution in [0.2, 0.25) is 0 Å². The first-order chi connectivity index (χ1) is 2.89. The molecule has 6 heavy (non-hydrogen) atoms. The maximum Gasteiger partial charge on any atom is 0.117 e. The molecule has 0 aliphatic carbocycles. The average Bonchev–Trinajstić information content (AvgIpc) is 1.86. The van der Waals surface area contributed by atoms with Crippen molar-refractivity contribution in [2.45, 2.75) is 6.10 Å². The van der Waals surface area contributed by atoms with Gasteiger partial charge >= 0.3 is 0 Å². The Morgan fingerprint density at radius 3 is 2.83 bits per heavy atom. The number of hydrogen-bond acceptors (Lipinski definition) is 2. The predicted octanol–water partition coefficient (Wildman–Crippen LogP) is -0.109. The van der Waals surface area contributed by atoms with Gasteiger partial charge in [-0.15, -0.1) is 0 Å². The molecule has 1 aliphatic heterocycles. The summed E-state index contributed by atoms with van der Waals surface area (Å²) in [4.78, 5) is 0. The summed E-state index contributed by atoms with van der Waals surface area (Å²) >= 11 is 0. The van der Waals surface area contributed by atoms with E-state index in [9.17, 15) is 0 Å². The molecular weight excluding hydrogens is 80.0 g/mol. The van der Waals surface area contributed by atoms with E-state index < -0.39 is 0 Å². The average molecular weight is 86.1 g/mol. The van der Waals surface area contributed by atoms with Crippen molar-refractivity contribution >= 4 is 0 Å². The standard InChI is InChI=1S/C4H6O2/c5-4-1-2-6-3-4/h1-2,4-5H,3H2. The van der Waals surface area contributed by atoms with Crippen LogP contribution < -0.4 is 0 Å². The number of rotatable bonds is 0. The van der Waals surface area contributed by atoms with Crippen molar-refractivity contribution in [2.24, 2.45) is 0 Å². The van der Waals surface area contributed by atoms with Gasteiger partial charge in [-0.25, -0.2) is 0 Å². The number of ether oxygens (including phenoxy) is 1. The van der Waals surface area contributed by atoms with E-state index in [2.05, 4.69) is 4.74 Å². The lowest BCUT2D eigenvalue weighted by Gasteiger charge is -1.90. The fourth-order valence-electron chi connectivity index (χ4n) is 0.356. The van der Waals surface area contributed by atoms with Crippen LogP contribution in [0.3, 0.4) is 0 Å². The van der Waals surface area contributed by atoms with Gasteiger partial charge in [0.05, 0.1) is 6.26 Å². The van der Waals surface area contributed by atoms with Gasteiger partial charge < -0.3 is 9.84 Å². The zero-order valence-electron chi connectivity index (χ0n) is 3.29. The van der Waals surface area contributed by atoms with Crippen molar-refractivity contribution in [1.82, 2.24) is 0 Å². The van der Waals surface area contributed by atoms with Crippen molar-refractivity contribution in [3.8, 4) is 0 Å². The Balaban J connectivity index is 2.38. The molecule has 1 atom stereocenters. The molecule has 34 valence electrons. The second-order valence-corrected chi connectivity index (χ2v) is 1.23. The van der Waals surface area contributed by atoms with Gasteiger partial charge in [-0.3, -0.25) is 0 Å². The molecule has 0 saturated carbocycles. The summed E-state index contributed by atoms with van der Waals surface area (Å²) in [5.74, 6) is 0. The van der Waals surface area contributed by atoms with E-state index in [0.717, 1.165) is 0 Å². The lowest BCUT2D eigenvalue weighted by atomic mass is 10.4. The molecule has 0 amide bonds. The van der Waals surface area contributed by atoms with Crippen molar-refractivity contribution in [3.63, 3.8) is 0 Å². The van der Waals surface area contributed by atoms with Gasteiger partial charge in [0.2, 0.25) is 0 Å². The zero-order chi connectivity index (χ0) is 4.41. The summed E-state index contributed by atoms with van der Waals surface area (Å²) < 4.78 is 4.63. The zero-order valence-corrected chi connectivity index (χ0v) is 3.29. The van der Waals surface area contributed by atoms with Gasteiger partial charge in [-0.2, -0.15) is 0 Å². The highest BCUT2D eigenvalue weighted by atomic mass is 16.5. The van der Waals surface area contributed by atoms with Crippen LogP contribution in [0.25, 0.3) is 0 Å². The largest absolute Gasteiger partial charge is 0.498 e. The van der Waals surface area contributed by atoms with Crippen LogP contribution in [-0.2, 0) is 4.74 Å². The summed E-state index contributed by atoms with van der Waals surface area (Å²) in [6.45, 7) is 0.431. The first-order valence-electron chi connectivity index (χ1n) is 1.86. The van der Waals surface area contributed by atoms with Gasteiger partial charge in [0.1, 0.15) is 12.7 Å². The molecular formula is C4H6O2. The first-order valence-corrected chi connectivity index (χ1v) is 1.86. The monoisotopic (exact) mass is 86.0 g/mol. The fraction of sp³-hybridized carbons (Fsp3) is 0.500. The molecule has 1 rings (SSSR count). The van der Waals surface area contributed by atoms with Gasteiger partial charge in [-0.1, -0.05) is 0 Å². The quantitative estimate of drug-likeness (QED) is 0.445. The second-order valence-electron chi connectivity index (χ2n) is 1.23. The number of aliphatic hydroxyl groups is 1. The van der Waals surface area contributed by atoms with E-state index >= 15 is 0 Å². The summed E-state index contributed by atoms with van der Waals surface area (Å²) in [6.07, 6.45) is 2.76. The van der Waals surface area contributed by atoms with Crippen molar-refractivity contribution in [1.29, 1.82) is 0 Å². The van der Waals surface area contributed by atoms with Gasteiger partial charge in [0.15, 0.2) is 0 Å². The molecule has 0 aromatic carbocycles. The van der Waals surface area contributed by atoms with E-state index in [1.54, 1.807) is 6.08 Å². The Bertz CT molecular complexity index is 67.9. The van der Waals surface area contributed by atoms with Crippen LogP contribution in [0.1, 0.15) is 0 Å². The third-order valence-electron chi connectivity index (χ3n) is 0.664. The van der Waals surface area contributed by atoms with Crippen LogP contribution in [0.5, 0.6) is 0 Å². The minimum atomic E-state index is -0.356. The Morgan fingerprint density at radius 1 is 1.83 bits per heavy atom. The second kappa shape index (κ2) is 1.30. The normalized spacial score (nSPS) is 30.5. The molecule has 1 unspecified atom stereocenters. The van der Waals surface area contributed by atoms with Crippen LogP contribution in [0.4, 0.5) is 0 Å². The molecule has 0 saturated heterocycles. The van der Waals surface area contributed by atoms with Crippen LogP contribution >= 0.6 is 0 Å². The lowest BCUT2D eigenvalue weighted by Crippen LogP contribution is -2.02. The number of aliphatic hydroxyl groups excluding tert-OH is 1. The minimum Gasteiger partial charge on any atom is -0.498 e. The molecule has 0 bridgehead atoms. The van der Waals surface area contributed by atoms with Crippen LogP contribution in [-0.4, -0.2) is 17.8 Å². The third-order valence-corrected chi connectivity index (χ3v) is 0.664. The van der Waals surface area contributed by atoms with E-state index in [1.807, 2.05) is 0 Å². The highest BCUT2D eigenvalue weighted by molar-refractivity contribution is 4.88. The smallest absolute Gasteiger partial charge is 0.117 e. The summed E-state index contributed by atoms with van der Waals surface area (Å²) in [5, 5.41) is 8.52. The maximum atomic E-state index is 8.52. The Kier molecular flexibility index (Phi) is 0.801. The van der Waals surface area contributed by atoms with Gasteiger partial charge in [-0.05, 0) is 6.08 Å². The summed E-state index contributed by atoms with van der Waals surface area (Å²) in [6, 6.07) is 0. The van der Waals surface area contributed by atoms with Crippen molar-refractivity contribution in [3.05, 3.63) is 12.3 Å². The molecule has 0 aromatic rings. The molecule has 1 N–H and O–H groups in total. The predicted molar refractivity (Wildman–Crippen MR) is 21.1 cm³/mol. The van der Waals surface area contributed by atoms with E-state index in [0.29, 0.717) is 6.61 Å². The highest BCUT2D eigenvalue weighted by Crippen LogP contribution is 1.95. The topological polar surface area (TPSA) is 29.5 Å². The Morgan fingerprint density at radius 2 is 2.67 bits per heavy atom. The third kappa shape index (κ3) is 0.518.